The van der Waals surface area contributed by atoms with Gasteiger partial charge < -0.3 is 15.1 Å². The normalized spacial score (nSPS) is 14.9. The molecule has 1 aliphatic rings. The van der Waals surface area contributed by atoms with Gasteiger partial charge in [0, 0.05) is 50.5 Å². The number of anilines is 3. The van der Waals surface area contributed by atoms with Crippen LogP contribution in [0.3, 0.4) is 0 Å². The highest BCUT2D eigenvalue weighted by Gasteiger charge is 2.20. The molecule has 212 valence electrons. The van der Waals surface area contributed by atoms with Crippen LogP contribution in [-0.2, 0) is 17.7 Å². The van der Waals surface area contributed by atoms with Crippen LogP contribution in [0.1, 0.15) is 41.2 Å². The summed E-state index contributed by atoms with van der Waals surface area (Å²) < 4.78 is 10.1. The fraction of sp³-hybridized carbons (Fsp3) is 0.400. The molecule has 4 heterocycles. The SMILES string of the molecule is Cc1cc([C@@H](C)Nc2ccc(C)nc2S(C)=N)ccc(N2CCN(c3cnc(C)nc3)CC2)n(C)c(=O)c(C)c1. The van der Waals surface area contributed by atoms with Gasteiger partial charge in [-0.25, -0.2) is 15.0 Å². The van der Waals surface area contributed by atoms with Crippen LogP contribution in [0.2, 0.25) is 0 Å². The first-order valence-corrected chi connectivity index (χ1v) is 15.1. The van der Waals surface area contributed by atoms with Crippen LogP contribution in [0.25, 0.3) is 0 Å². The van der Waals surface area contributed by atoms with Gasteiger partial charge in [0.05, 0.1) is 23.8 Å². The molecule has 1 fully saturated rings. The summed E-state index contributed by atoms with van der Waals surface area (Å²) in [6.45, 7) is 13.0. The lowest BCUT2D eigenvalue weighted by Gasteiger charge is -2.37. The van der Waals surface area contributed by atoms with E-state index in [1.54, 1.807) is 4.57 Å². The first kappa shape index (κ1) is 29.2. The van der Waals surface area contributed by atoms with Crippen LogP contribution in [0.4, 0.5) is 17.2 Å². The van der Waals surface area contributed by atoms with E-state index < -0.39 is 10.7 Å². The molecule has 1 aliphatic heterocycles. The summed E-state index contributed by atoms with van der Waals surface area (Å²) in [4.78, 5) is 31.2. The van der Waals surface area contributed by atoms with Crippen LogP contribution in [0.5, 0.6) is 0 Å². The van der Waals surface area contributed by atoms with Crippen molar-refractivity contribution >= 4 is 27.9 Å². The molecule has 2 N–H and O–H groups in total. The molecule has 0 aliphatic carbocycles. The molecule has 1 unspecified atom stereocenters. The Hall–Kier alpha value is -3.79. The zero-order valence-electron chi connectivity index (χ0n) is 24.5. The van der Waals surface area contributed by atoms with E-state index in [1.165, 1.54) is 0 Å². The highest BCUT2D eigenvalue weighted by atomic mass is 32.2. The Kier molecular flexibility index (Phi) is 9.19. The zero-order chi connectivity index (χ0) is 29.0. The van der Waals surface area contributed by atoms with Crippen molar-refractivity contribution in [2.75, 3.05) is 47.6 Å². The van der Waals surface area contributed by atoms with E-state index in [2.05, 4.69) is 55.2 Å². The third kappa shape index (κ3) is 6.85. The Morgan fingerprint density at radius 3 is 2.25 bits per heavy atom. The molecule has 40 heavy (non-hydrogen) atoms. The Morgan fingerprint density at radius 1 is 0.950 bits per heavy atom. The molecule has 0 saturated carbocycles. The van der Waals surface area contributed by atoms with Gasteiger partial charge >= 0.3 is 0 Å². The van der Waals surface area contributed by atoms with Crippen molar-refractivity contribution in [2.45, 2.75) is 45.7 Å². The summed E-state index contributed by atoms with van der Waals surface area (Å²) >= 11 is 0. The lowest BCUT2D eigenvalue weighted by molar-refractivity contribution is 0.630. The minimum atomic E-state index is -0.724. The predicted molar refractivity (Wildman–Crippen MR) is 165 cm³/mol. The highest BCUT2D eigenvalue weighted by Crippen LogP contribution is 2.25. The lowest BCUT2D eigenvalue weighted by Crippen LogP contribution is -2.47. The molecule has 0 spiro atoms. The summed E-state index contributed by atoms with van der Waals surface area (Å²) in [5.74, 6) is 1.63. The number of piperazine rings is 1. The number of rotatable bonds is 6. The lowest BCUT2D eigenvalue weighted by atomic mass is 10.1. The third-order valence-electron chi connectivity index (χ3n) is 7.15. The van der Waals surface area contributed by atoms with Gasteiger partial charge in [0.1, 0.15) is 16.7 Å². The van der Waals surface area contributed by atoms with Gasteiger partial charge in [-0.15, -0.1) is 0 Å². The molecule has 10 heteroatoms. The monoisotopic (exact) mass is 560 g/mol. The number of pyridine rings is 1. The molecule has 3 aromatic rings. The summed E-state index contributed by atoms with van der Waals surface area (Å²) in [6, 6.07) is 12.2. The van der Waals surface area contributed by atoms with Crippen molar-refractivity contribution in [3.05, 3.63) is 87.4 Å². The van der Waals surface area contributed by atoms with Crippen molar-refractivity contribution in [3.8, 4) is 0 Å². The smallest absolute Gasteiger partial charge is 0.254 e. The molecule has 0 aromatic carbocycles. The maximum Gasteiger partial charge on any atom is 0.254 e. The number of aryl methyl sites for hydroxylation is 4. The van der Waals surface area contributed by atoms with E-state index in [4.69, 9.17) is 4.78 Å². The van der Waals surface area contributed by atoms with E-state index >= 15 is 0 Å². The third-order valence-corrected chi connectivity index (χ3v) is 8.04. The van der Waals surface area contributed by atoms with E-state index in [-0.39, 0.29) is 11.6 Å². The number of hydrogen-bond donors (Lipinski definition) is 2. The Morgan fingerprint density at radius 2 is 1.60 bits per heavy atom. The van der Waals surface area contributed by atoms with Crippen LogP contribution in [-0.4, -0.2) is 52.0 Å². The number of hydrogen-bond acceptors (Lipinski definition) is 8. The summed E-state index contributed by atoms with van der Waals surface area (Å²) in [7, 11) is 1.13. The maximum absolute atomic E-state index is 13.3. The van der Waals surface area contributed by atoms with Crippen LogP contribution >= 0.6 is 0 Å². The topological polar surface area (TPSA) is 103 Å². The fourth-order valence-corrected chi connectivity index (χ4v) is 5.67. The molecule has 0 amide bonds. The van der Waals surface area contributed by atoms with E-state index in [0.29, 0.717) is 5.56 Å². The van der Waals surface area contributed by atoms with Crippen molar-refractivity contribution in [2.24, 2.45) is 7.05 Å². The average Bonchev–Trinajstić information content (AvgIpc) is 2.93. The van der Waals surface area contributed by atoms with Gasteiger partial charge in [0.2, 0.25) is 0 Å². The van der Waals surface area contributed by atoms with Crippen molar-refractivity contribution in [3.63, 3.8) is 0 Å². The molecule has 9 nitrogen and oxygen atoms in total. The number of nitrogens with zero attached hydrogens (tertiary/aromatic N) is 6. The standard InChI is InChI=1S/C30H40N8OS/c1-20-16-21(2)30(39)36(6)28(38-14-12-37(13-15-38)26-18-32-24(5)33-19-26)11-9-25(17-20)23(4)35-27-10-8-22(3)34-29(27)40(7)31/h8-11,16-19,23,31,35H,12-15H2,1-7H3/t23-,40?/m1/s1. The Labute approximate surface area is 239 Å². The minimum absolute atomic E-state index is 0.0165. The minimum Gasteiger partial charge on any atom is -0.376 e. The van der Waals surface area contributed by atoms with Crippen molar-refractivity contribution in [1.82, 2.24) is 19.5 Å². The molecular formula is C30H40N8OS. The first-order valence-electron chi connectivity index (χ1n) is 13.5. The fourth-order valence-electron chi connectivity index (χ4n) is 4.93. The zero-order valence-corrected chi connectivity index (χ0v) is 25.3. The van der Waals surface area contributed by atoms with Gasteiger partial charge in [0.15, 0.2) is 0 Å². The summed E-state index contributed by atoms with van der Waals surface area (Å²) in [6.07, 6.45) is 5.62. The second kappa shape index (κ2) is 12.6. The van der Waals surface area contributed by atoms with Gasteiger partial charge in [0.25, 0.3) is 5.56 Å². The predicted octanol–water partition coefficient (Wildman–Crippen LogP) is 4.80. The van der Waals surface area contributed by atoms with E-state index in [0.717, 1.165) is 71.0 Å². The van der Waals surface area contributed by atoms with Crippen molar-refractivity contribution in [1.29, 1.82) is 4.78 Å². The molecule has 2 atom stereocenters. The summed E-state index contributed by atoms with van der Waals surface area (Å²) in [5, 5.41) is 4.36. The van der Waals surface area contributed by atoms with Gasteiger partial charge in [-0.3, -0.25) is 14.1 Å². The van der Waals surface area contributed by atoms with Gasteiger partial charge in [-0.1, -0.05) is 34.5 Å². The molecule has 3 aromatic heterocycles. The van der Waals surface area contributed by atoms with Crippen LogP contribution in [0, 0.1) is 32.5 Å². The quantitative estimate of drug-likeness (QED) is 0.447. The second-order valence-corrected chi connectivity index (χ2v) is 11.8. The average molecular weight is 561 g/mol. The molecule has 4 rings (SSSR count). The largest absolute Gasteiger partial charge is 0.376 e. The number of nitrogens with one attached hydrogen (secondary N) is 2. The highest BCUT2D eigenvalue weighted by molar-refractivity contribution is 7.85. The van der Waals surface area contributed by atoms with Gasteiger partial charge in [-0.2, -0.15) is 0 Å². The molecule has 0 radical (unpaired) electrons. The Balaban J connectivity index is 1.70. The van der Waals surface area contributed by atoms with Crippen LogP contribution in [0.15, 0.2) is 58.6 Å². The maximum atomic E-state index is 13.3. The van der Waals surface area contributed by atoms with Crippen LogP contribution < -0.4 is 20.7 Å². The van der Waals surface area contributed by atoms with E-state index in [9.17, 15) is 4.79 Å². The van der Waals surface area contributed by atoms with Gasteiger partial charge in [-0.05, 0) is 64.6 Å². The molecule has 1 saturated heterocycles. The first-order chi connectivity index (χ1) is 19.0. The van der Waals surface area contributed by atoms with Crippen molar-refractivity contribution < 1.29 is 0 Å². The molecule has 0 bridgehead atoms. The second-order valence-electron chi connectivity index (χ2n) is 10.4. The Bertz CT molecular complexity index is 1510. The molecular weight excluding hydrogens is 520 g/mol. The number of aromatic nitrogens is 4. The summed E-state index contributed by atoms with van der Waals surface area (Å²) in [5.41, 5.74) is 5.55. The van der Waals surface area contributed by atoms with E-state index in [1.807, 2.05) is 71.6 Å².